The van der Waals surface area contributed by atoms with Crippen LogP contribution in [0.3, 0.4) is 0 Å². The number of nitrogens with zero attached hydrogens (tertiary/aromatic N) is 3. The molecule has 3 aromatic rings. The Kier molecular flexibility index (Phi) is 5.21. The zero-order valence-corrected chi connectivity index (χ0v) is 16.4. The smallest absolute Gasteiger partial charge is 0.229 e. The second-order valence-electron chi connectivity index (χ2n) is 6.99. The summed E-state index contributed by atoms with van der Waals surface area (Å²) in [5, 5.41) is 9.05. The minimum atomic E-state index is 0.725. The molecule has 1 heterocycles. The normalized spacial score (nSPS) is 15.1. The van der Waals surface area contributed by atoms with Gasteiger partial charge in [0.05, 0.1) is 10.6 Å². The molecule has 1 aromatic heterocycles. The highest BCUT2D eigenvalue weighted by Crippen LogP contribution is 2.33. The molecular formula is C22H24N4S. The molecule has 0 radical (unpaired) electrons. The summed E-state index contributed by atoms with van der Waals surface area (Å²) in [6.45, 7) is 2.09. The number of aryl methyl sites for hydroxylation is 1. The van der Waals surface area contributed by atoms with E-state index in [0.29, 0.717) is 0 Å². The molecule has 27 heavy (non-hydrogen) atoms. The quantitative estimate of drug-likeness (QED) is 0.500. The first-order valence-corrected chi connectivity index (χ1v) is 10.3. The molecule has 2 N–H and O–H groups in total. The standard InChI is InChI=1S/C22H24N4S/c1-16-12-14-17(15-13-16)20-21(18-8-4-2-5-9-18)27-22(26(20)23)25-24-19-10-6-3-7-11-19/h2,4-5,8-9,12-15H,3,6-7,10-11,23H2,1H3/b25-22-. The van der Waals surface area contributed by atoms with Crippen molar-refractivity contribution in [1.82, 2.24) is 4.68 Å². The number of nitrogen functional groups attached to an aromatic ring is 1. The van der Waals surface area contributed by atoms with Gasteiger partial charge in [0.25, 0.3) is 0 Å². The van der Waals surface area contributed by atoms with Gasteiger partial charge in [-0.05, 0) is 38.2 Å². The van der Waals surface area contributed by atoms with Crippen molar-refractivity contribution in [3.05, 3.63) is 65.0 Å². The molecule has 4 rings (SSSR count). The van der Waals surface area contributed by atoms with Crippen molar-refractivity contribution >= 4 is 17.0 Å². The Hall–Kier alpha value is -2.66. The van der Waals surface area contributed by atoms with Crippen LogP contribution in [0.2, 0.25) is 0 Å². The molecule has 0 amide bonds. The van der Waals surface area contributed by atoms with Gasteiger partial charge in [-0.1, -0.05) is 77.9 Å². The second kappa shape index (κ2) is 7.92. The summed E-state index contributed by atoms with van der Waals surface area (Å²) in [6, 6.07) is 18.8. The Morgan fingerprint density at radius 3 is 2.26 bits per heavy atom. The maximum Gasteiger partial charge on any atom is 0.229 e. The minimum Gasteiger partial charge on any atom is -0.336 e. The van der Waals surface area contributed by atoms with E-state index in [1.165, 1.54) is 30.5 Å². The average molecular weight is 377 g/mol. The lowest BCUT2D eigenvalue weighted by molar-refractivity contribution is 0.663. The highest BCUT2D eigenvalue weighted by Gasteiger charge is 2.16. The zero-order valence-electron chi connectivity index (χ0n) is 15.6. The molecule has 0 aliphatic heterocycles. The third kappa shape index (κ3) is 3.88. The minimum absolute atomic E-state index is 0.725. The van der Waals surface area contributed by atoms with Crippen molar-refractivity contribution in [3.63, 3.8) is 0 Å². The summed E-state index contributed by atoms with van der Waals surface area (Å²) in [4.78, 5) is 1.84. The monoisotopic (exact) mass is 376 g/mol. The van der Waals surface area contributed by atoms with E-state index in [1.807, 2.05) is 18.2 Å². The Morgan fingerprint density at radius 2 is 1.56 bits per heavy atom. The van der Waals surface area contributed by atoms with E-state index in [-0.39, 0.29) is 0 Å². The zero-order chi connectivity index (χ0) is 18.6. The fourth-order valence-corrected chi connectivity index (χ4v) is 4.42. The number of hydrogen-bond acceptors (Lipinski definition) is 4. The lowest BCUT2D eigenvalue weighted by atomic mass is 9.99. The highest BCUT2D eigenvalue weighted by molar-refractivity contribution is 7.13. The Balaban J connectivity index is 1.85. The Bertz CT molecular complexity index is 1000. The lowest BCUT2D eigenvalue weighted by Crippen LogP contribution is -2.23. The molecule has 0 spiro atoms. The van der Waals surface area contributed by atoms with Gasteiger partial charge in [-0.15, -0.1) is 5.10 Å². The molecule has 0 saturated heterocycles. The third-order valence-electron chi connectivity index (χ3n) is 4.92. The number of thiazole rings is 1. The molecule has 1 fully saturated rings. The number of hydrogen-bond donors (Lipinski definition) is 1. The van der Waals surface area contributed by atoms with E-state index in [1.54, 1.807) is 16.0 Å². The Morgan fingerprint density at radius 1 is 0.852 bits per heavy atom. The van der Waals surface area contributed by atoms with E-state index >= 15 is 0 Å². The fraction of sp³-hybridized carbons (Fsp3) is 0.273. The topological polar surface area (TPSA) is 55.7 Å². The highest BCUT2D eigenvalue weighted by atomic mass is 32.1. The van der Waals surface area contributed by atoms with E-state index < -0.39 is 0 Å². The first-order valence-electron chi connectivity index (χ1n) is 9.45. The Labute approximate surface area is 163 Å². The van der Waals surface area contributed by atoms with Crippen LogP contribution in [0.1, 0.15) is 37.7 Å². The summed E-state index contributed by atoms with van der Waals surface area (Å²) in [7, 11) is 0. The van der Waals surface area contributed by atoms with E-state index in [2.05, 4.69) is 53.5 Å². The van der Waals surface area contributed by atoms with Gasteiger partial charge >= 0.3 is 0 Å². The molecule has 2 aromatic carbocycles. The second-order valence-corrected chi connectivity index (χ2v) is 7.97. The van der Waals surface area contributed by atoms with Gasteiger partial charge in [0.15, 0.2) is 0 Å². The summed E-state index contributed by atoms with van der Waals surface area (Å²) in [6.07, 6.45) is 5.83. The summed E-state index contributed by atoms with van der Waals surface area (Å²) in [5.41, 5.74) is 5.63. The number of benzene rings is 2. The molecule has 0 bridgehead atoms. The molecule has 5 heteroatoms. The molecular weight excluding hydrogens is 352 g/mol. The maximum atomic E-state index is 6.49. The van der Waals surface area contributed by atoms with Crippen molar-refractivity contribution in [2.75, 3.05) is 5.84 Å². The molecule has 0 unspecified atom stereocenters. The predicted molar refractivity (Wildman–Crippen MR) is 114 cm³/mol. The molecule has 1 aliphatic rings. The van der Waals surface area contributed by atoms with Crippen LogP contribution in [-0.4, -0.2) is 10.4 Å². The summed E-state index contributed by atoms with van der Waals surface area (Å²) < 4.78 is 1.69. The molecule has 0 atom stereocenters. The van der Waals surface area contributed by atoms with Crippen LogP contribution in [-0.2, 0) is 0 Å². The van der Waals surface area contributed by atoms with Crippen LogP contribution in [0.5, 0.6) is 0 Å². The van der Waals surface area contributed by atoms with E-state index in [4.69, 9.17) is 5.84 Å². The van der Waals surface area contributed by atoms with Crippen LogP contribution in [0.4, 0.5) is 0 Å². The molecule has 138 valence electrons. The van der Waals surface area contributed by atoms with E-state index in [0.717, 1.165) is 39.3 Å². The SMILES string of the molecule is Cc1ccc(-c2c(-c3ccccc3)s/c(=N\N=C3CCCCC3)n2N)cc1. The van der Waals surface area contributed by atoms with Gasteiger partial charge in [0, 0.05) is 11.3 Å². The number of rotatable bonds is 3. The van der Waals surface area contributed by atoms with Gasteiger partial charge in [-0.3, -0.25) is 0 Å². The summed E-state index contributed by atoms with van der Waals surface area (Å²) in [5.74, 6) is 6.49. The van der Waals surface area contributed by atoms with Crippen molar-refractivity contribution in [3.8, 4) is 21.7 Å². The molecule has 4 nitrogen and oxygen atoms in total. The van der Waals surface area contributed by atoms with Gasteiger partial charge in [0.1, 0.15) is 0 Å². The van der Waals surface area contributed by atoms with Crippen molar-refractivity contribution in [2.24, 2.45) is 10.2 Å². The third-order valence-corrected chi connectivity index (χ3v) is 6.02. The number of nitrogens with two attached hydrogens (primary N) is 1. The maximum absolute atomic E-state index is 6.49. The first kappa shape index (κ1) is 17.7. The lowest BCUT2D eigenvalue weighted by Gasteiger charge is -2.09. The van der Waals surface area contributed by atoms with Gasteiger partial charge in [-0.2, -0.15) is 5.10 Å². The van der Waals surface area contributed by atoms with E-state index in [9.17, 15) is 0 Å². The van der Waals surface area contributed by atoms with Gasteiger partial charge in [-0.25, -0.2) is 4.68 Å². The molecule has 1 saturated carbocycles. The van der Waals surface area contributed by atoms with Crippen molar-refractivity contribution < 1.29 is 0 Å². The van der Waals surface area contributed by atoms with Crippen LogP contribution >= 0.6 is 11.3 Å². The van der Waals surface area contributed by atoms with Crippen molar-refractivity contribution in [2.45, 2.75) is 39.0 Å². The van der Waals surface area contributed by atoms with Crippen molar-refractivity contribution in [1.29, 1.82) is 0 Å². The summed E-state index contributed by atoms with van der Waals surface area (Å²) >= 11 is 1.59. The molecule has 1 aliphatic carbocycles. The van der Waals surface area contributed by atoms with Crippen LogP contribution in [0.25, 0.3) is 21.7 Å². The van der Waals surface area contributed by atoms with Crippen LogP contribution in [0.15, 0.2) is 64.8 Å². The average Bonchev–Trinajstić information content (AvgIpc) is 3.05. The largest absolute Gasteiger partial charge is 0.336 e. The van der Waals surface area contributed by atoms with Gasteiger partial charge in [0.2, 0.25) is 4.80 Å². The van der Waals surface area contributed by atoms with Crippen LogP contribution in [0, 0.1) is 6.92 Å². The predicted octanol–water partition coefficient (Wildman–Crippen LogP) is 5.13. The number of aromatic nitrogens is 1. The van der Waals surface area contributed by atoms with Gasteiger partial charge < -0.3 is 5.84 Å². The first-order chi connectivity index (χ1) is 13.2. The van der Waals surface area contributed by atoms with Crippen LogP contribution < -0.4 is 10.6 Å². The fourth-order valence-electron chi connectivity index (χ4n) is 3.40.